The minimum Gasteiger partial charge on any atom is -0.396 e. The fourth-order valence-corrected chi connectivity index (χ4v) is 2.76. The maximum absolute atomic E-state index is 11.6. The molecule has 2 aliphatic rings. The lowest BCUT2D eigenvalue weighted by molar-refractivity contribution is 0.202. The minimum atomic E-state index is -0.0782. The number of aliphatic hydroxyl groups excluding tert-OH is 1. The van der Waals surface area contributed by atoms with Gasteiger partial charge in [-0.25, -0.2) is 4.79 Å². The van der Waals surface area contributed by atoms with Crippen LogP contribution in [0.4, 0.5) is 4.79 Å². The van der Waals surface area contributed by atoms with Crippen molar-refractivity contribution in [2.45, 2.75) is 51.4 Å². The third-order valence-electron chi connectivity index (χ3n) is 4.48. The van der Waals surface area contributed by atoms with Crippen molar-refractivity contribution >= 4 is 6.03 Å². The molecule has 3 N–H and O–H groups in total. The van der Waals surface area contributed by atoms with Crippen LogP contribution in [0.3, 0.4) is 0 Å². The fraction of sp³-hybridized carbons (Fsp3) is 0.929. The van der Waals surface area contributed by atoms with E-state index in [1.807, 2.05) is 0 Å². The van der Waals surface area contributed by atoms with Crippen LogP contribution in [-0.4, -0.2) is 30.8 Å². The molecule has 0 aliphatic heterocycles. The Bertz CT molecular complexity index is 271. The van der Waals surface area contributed by atoms with E-state index in [1.165, 1.54) is 32.1 Å². The normalized spacial score (nSPS) is 22.5. The third-order valence-corrected chi connectivity index (χ3v) is 4.48. The molecule has 0 bridgehead atoms. The highest BCUT2D eigenvalue weighted by Crippen LogP contribution is 2.44. The van der Waals surface area contributed by atoms with Gasteiger partial charge in [0.05, 0.1) is 6.61 Å². The van der Waals surface area contributed by atoms with Crippen molar-refractivity contribution < 1.29 is 9.90 Å². The van der Waals surface area contributed by atoms with Crippen LogP contribution in [0.15, 0.2) is 0 Å². The summed E-state index contributed by atoms with van der Waals surface area (Å²) >= 11 is 0. The molecule has 2 saturated carbocycles. The van der Waals surface area contributed by atoms with Gasteiger partial charge in [0, 0.05) is 18.5 Å². The molecule has 2 fully saturated rings. The molecular formula is C14H26N2O2. The van der Waals surface area contributed by atoms with Crippen LogP contribution in [0.2, 0.25) is 0 Å². The lowest BCUT2D eigenvalue weighted by atomic mass is 9.87. The monoisotopic (exact) mass is 254 g/mol. The molecule has 0 radical (unpaired) electrons. The molecular weight excluding hydrogens is 228 g/mol. The van der Waals surface area contributed by atoms with Crippen molar-refractivity contribution in [1.29, 1.82) is 0 Å². The van der Waals surface area contributed by atoms with Crippen LogP contribution in [0, 0.1) is 11.3 Å². The highest BCUT2D eigenvalue weighted by molar-refractivity contribution is 5.73. The van der Waals surface area contributed by atoms with Gasteiger partial charge in [0.15, 0.2) is 0 Å². The largest absolute Gasteiger partial charge is 0.396 e. The van der Waals surface area contributed by atoms with E-state index in [0.717, 1.165) is 31.7 Å². The lowest BCUT2D eigenvalue weighted by Crippen LogP contribution is -2.40. The number of urea groups is 1. The Morgan fingerprint density at radius 3 is 2.50 bits per heavy atom. The smallest absolute Gasteiger partial charge is 0.314 e. The van der Waals surface area contributed by atoms with Crippen molar-refractivity contribution in [3.63, 3.8) is 0 Å². The second-order valence-electron chi connectivity index (χ2n) is 6.06. The van der Waals surface area contributed by atoms with Crippen molar-refractivity contribution in [2.75, 3.05) is 19.7 Å². The van der Waals surface area contributed by atoms with Gasteiger partial charge in [-0.1, -0.05) is 32.1 Å². The third kappa shape index (κ3) is 4.16. The Morgan fingerprint density at radius 1 is 1.17 bits per heavy atom. The average Bonchev–Trinajstić information content (AvgIpc) is 3.18. The first kappa shape index (κ1) is 13.7. The summed E-state index contributed by atoms with van der Waals surface area (Å²) in [5.41, 5.74) is 0.000704. The van der Waals surface area contributed by atoms with Crippen molar-refractivity contribution in [3.05, 3.63) is 0 Å². The maximum Gasteiger partial charge on any atom is 0.314 e. The number of amides is 2. The highest BCUT2D eigenvalue weighted by Gasteiger charge is 2.42. The number of hydrogen-bond acceptors (Lipinski definition) is 2. The summed E-state index contributed by atoms with van der Waals surface area (Å²) in [6.07, 6.45) is 9.93. The van der Waals surface area contributed by atoms with Crippen molar-refractivity contribution in [1.82, 2.24) is 10.6 Å². The summed E-state index contributed by atoms with van der Waals surface area (Å²) in [6, 6.07) is -0.0782. The molecule has 0 atom stereocenters. The van der Waals surface area contributed by atoms with E-state index < -0.39 is 0 Å². The molecule has 104 valence electrons. The topological polar surface area (TPSA) is 61.4 Å². The van der Waals surface area contributed by atoms with E-state index in [1.54, 1.807) is 0 Å². The summed E-state index contributed by atoms with van der Waals surface area (Å²) < 4.78 is 0. The van der Waals surface area contributed by atoms with Crippen LogP contribution >= 0.6 is 0 Å². The van der Waals surface area contributed by atoms with Gasteiger partial charge >= 0.3 is 6.03 Å². The number of hydrogen-bond donors (Lipinski definition) is 3. The summed E-state index contributed by atoms with van der Waals surface area (Å²) in [7, 11) is 0. The zero-order chi connectivity index (χ0) is 12.8. The van der Waals surface area contributed by atoms with Crippen LogP contribution in [-0.2, 0) is 0 Å². The molecule has 4 nitrogen and oxygen atoms in total. The standard InChI is InChI=1S/C14H26N2O2/c17-11-14(7-8-14)10-16-13(18)15-9-6-12-4-2-1-3-5-12/h12,17H,1-11H2,(H2,15,16,18). The number of nitrogens with one attached hydrogen (secondary N) is 2. The van der Waals surface area contributed by atoms with E-state index in [9.17, 15) is 4.79 Å². The second-order valence-corrected chi connectivity index (χ2v) is 6.06. The molecule has 0 saturated heterocycles. The Morgan fingerprint density at radius 2 is 1.89 bits per heavy atom. The molecule has 0 heterocycles. The molecule has 0 aromatic rings. The molecule has 0 unspecified atom stereocenters. The zero-order valence-corrected chi connectivity index (χ0v) is 11.2. The first-order valence-electron chi connectivity index (χ1n) is 7.37. The van der Waals surface area contributed by atoms with Gasteiger partial charge in [-0.15, -0.1) is 0 Å². The Kier molecular flexibility index (Phi) is 4.87. The maximum atomic E-state index is 11.6. The molecule has 2 amide bonds. The fourth-order valence-electron chi connectivity index (χ4n) is 2.76. The van der Waals surface area contributed by atoms with Gasteiger partial charge in [0.1, 0.15) is 0 Å². The number of aliphatic hydroxyl groups is 1. The molecule has 0 spiro atoms. The van der Waals surface area contributed by atoms with E-state index in [2.05, 4.69) is 10.6 Å². The van der Waals surface area contributed by atoms with Crippen LogP contribution < -0.4 is 10.6 Å². The second kappa shape index (κ2) is 6.41. The first-order chi connectivity index (χ1) is 8.74. The Hall–Kier alpha value is -0.770. The van der Waals surface area contributed by atoms with Gasteiger partial charge in [-0.05, 0) is 25.2 Å². The van der Waals surface area contributed by atoms with Gasteiger partial charge < -0.3 is 15.7 Å². The molecule has 4 heteroatoms. The predicted molar refractivity (Wildman–Crippen MR) is 71.3 cm³/mol. The summed E-state index contributed by atoms with van der Waals surface area (Å²) in [4.78, 5) is 11.6. The van der Waals surface area contributed by atoms with E-state index in [-0.39, 0.29) is 18.1 Å². The van der Waals surface area contributed by atoms with Crippen LogP contribution in [0.1, 0.15) is 51.4 Å². The number of carbonyl (C=O) groups is 1. The summed E-state index contributed by atoms with van der Waals surface area (Å²) in [5.74, 6) is 0.811. The first-order valence-corrected chi connectivity index (χ1v) is 7.37. The van der Waals surface area contributed by atoms with Gasteiger partial charge in [-0.3, -0.25) is 0 Å². The average molecular weight is 254 g/mol. The summed E-state index contributed by atoms with van der Waals surface area (Å²) in [5, 5.41) is 14.9. The van der Waals surface area contributed by atoms with Crippen LogP contribution in [0.5, 0.6) is 0 Å². The molecule has 2 rings (SSSR count). The highest BCUT2D eigenvalue weighted by atomic mass is 16.3. The summed E-state index contributed by atoms with van der Waals surface area (Å²) in [6.45, 7) is 1.58. The quantitative estimate of drug-likeness (QED) is 0.679. The van der Waals surface area contributed by atoms with Gasteiger partial charge in [0.2, 0.25) is 0 Å². The Labute approximate surface area is 110 Å². The molecule has 0 aromatic carbocycles. The SMILES string of the molecule is O=C(NCCC1CCCCC1)NCC1(CO)CC1. The van der Waals surface area contributed by atoms with E-state index in [4.69, 9.17) is 5.11 Å². The molecule has 18 heavy (non-hydrogen) atoms. The van der Waals surface area contributed by atoms with Gasteiger partial charge in [0.25, 0.3) is 0 Å². The van der Waals surface area contributed by atoms with E-state index in [0.29, 0.717) is 6.54 Å². The van der Waals surface area contributed by atoms with E-state index >= 15 is 0 Å². The molecule has 0 aromatic heterocycles. The van der Waals surface area contributed by atoms with Gasteiger partial charge in [-0.2, -0.15) is 0 Å². The minimum absolute atomic E-state index is 0.000704. The predicted octanol–water partition coefficient (Wildman–Crippen LogP) is 2.03. The zero-order valence-electron chi connectivity index (χ0n) is 11.2. The number of carbonyl (C=O) groups excluding carboxylic acids is 1. The van der Waals surface area contributed by atoms with Crippen molar-refractivity contribution in [2.24, 2.45) is 11.3 Å². The lowest BCUT2D eigenvalue weighted by Gasteiger charge is -2.21. The molecule has 2 aliphatic carbocycles. The Balaban J connectivity index is 1.51. The number of rotatable bonds is 6. The van der Waals surface area contributed by atoms with Crippen molar-refractivity contribution in [3.8, 4) is 0 Å². The van der Waals surface area contributed by atoms with Crippen LogP contribution in [0.25, 0.3) is 0 Å².